The molecule has 0 bridgehead atoms. The smallest absolute Gasteiger partial charge is 0.320 e. The Morgan fingerprint density at radius 2 is 1.71 bits per heavy atom. The van der Waals surface area contributed by atoms with Gasteiger partial charge in [0.1, 0.15) is 23.2 Å². The van der Waals surface area contributed by atoms with Gasteiger partial charge in [-0.05, 0) is 68.0 Å². The summed E-state index contributed by atoms with van der Waals surface area (Å²) in [6.07, 6.45) is 6.67. The van der Waals surface area contributed by atoms with E-state index in [0.717, 1.165) is 42.6 Å². The van der Waals surface area contributed by atoms with Crippen molar-refractivity contribution in [2.45, 2.75) is 65.5 Å². The quantitative estimate of drug-likeness (QED) is 0.178. The first kappa shape index (κ1) is 31.6. The van der Waals surface area contributed by atoms with E-state index < -0.39 is 0 Å². The third-order valence-electron chi connectivity index (χ3n) is 8.26. The van der Waals surface area contributed by atoms with Crippen molar-refractivity contribution < 1.29 is 9.53 Å². The zero-order valence-corrected chi connectivity index (χ0v) is 26.6. The number of allylic oxidation sites excluding steroid dienone is 1. The van der Waals surface area contributed by atoms with Gasteiger partial charge in [-0.3, -0.25) is 20.7 Å². The molecule has 1 aliphatic heterocycles. The van der Waals surface area contributed by atoms with Gasteiger partial charge in [-0.1, -0.05) is 62.7 Å². The molecule has 10 nitrogen and oxygen atoms in total. The normalized spacial score (nSPS) is 18.7. The SMILES string of the molecule is Cc1ccc(N=C(/C=C(\N)C(C)(C)C)NC(=O)N[C@H]2CC[C@@H](Oc3ccc(=N)n(C(=N)N4CCCC4)c3)c3ccccc32)cc1. The number of nitrogens with one attached hydrogen (secondary N) is 4. The fourth-order valence-electron chi connectivity index (χ4n) is 5.52. The van der Waals surface area contributed by atoms with Gasteiger partial charge in [0, 0.05) is 30.3 Å². The van der Waals surface area contributed by atoms with Crippen molar-refractivity contribution in [1.29, 1.82) is 10.8 Å². The molecule has 2 atom stereocenters. The fraction of sp³-hybridized carbons (Fsp3) is 0.371. The van der Waals surface area contributed by atoms with Crippen LogP contribution >= 0.6 is 0 Å². The summed E-state index contributed by atoms with van der Waals surface area (Å²) < 4.78 is 8.04. The van der Waals surface area contributed by atoms with Crippen LogP contribution in [-0.2, 0) is 0 Å². The Labute approximate surface area is 265 Å². The van der Waals surface area contributed by atoms with Crippen LogP contribution in [0.15, 0.2) is 83.6 Å². The molecular weight excluding hydrogens is 564 g/mol. The number of amides is 2. The number of aryl methyl sites for hydroxylation is 1. The van der Waals surface area contributed by atoms with Gasteiger partial charge < -0.3 is 20.7 Å². The van der Waals surface area contributed by atoms with E-state index in [1.165, 1.54) is 0 Å². The fourth-order valence-corrected chi connectivity index (χ4v) is 5.52. The summed E-state index contributed by atoms with van der Waals surface area (Å²) in [5.74, 6) is 1.26. The van der Waals surface area contributed by atoms with Gasteiger partial charge in [-0.15, -0.1) is 0 Å². The van der Waals surface area contributed by atoms with E-state index in [9.17, 15) is 4.79 Å². The van der Waals surface area contributed by atoms with Crippen LogP contribution in [0, 0.1) is 23.2 Å². The highest BCUT2D eigenvalue weighted by Crippen LogP contribution is 2.38. The van der Waals surface area contributed by atoms with Gasteiger partial charge in [0.25, 0.3) is 0 Å². The van der Waals surface area contributed by atoms with E-state index in [0.29, 0.717) is 41.8 Å². The highest BCUT2D eigenvalue weighted by molar-refractivity contribution is 6.05. The standard InChI is InChI=1S/C35H44N8O2/c1-23-11-13-24(14-12-23)39-32(21-30(36)35(2,3)4)41-34(44)40-28-16-17-29(27-10-6-5-9-26(27)28)45-25-15-18-31(37)43(22-25)33(38)42-19-7-8-20-42/h5-6,9-15,18,21-22,28-29,37-38H,7-8,16-17,19-20,36H2,1-4H3,(H2,39,40,41,44)/b30-21-,37-31?,38-33?/t28-,29+/m0/s1. The molecule has 1 saturated heterocycles. The summed E-state index contributed by atoms with van der Waals surface area (Å²) >= 11 is 0. The summed E-state index contributed by atoms with van der Waals surface area (Å²) in [5.41, 5.74) is 10.7. The van der Waals surface area contributed by atoms with E-state index in [1.807, 2.05) is 81.1 Å². The molecule has 10 heteroatoms. The number of nitrogens with zero attached hydrogens (tertiary/aromatic N) is 3. The van der Waals surface area contributed by atoms with Crippen molar-refractivity contribution in [2.24, 2.45) is 16.1 Å². The van der Waals surface area contributed by atoms with Crippen LogP contribution in [-0.4, -0.2) is 40.4 Å². The zero-order valence-electron chi connectivity index (χ0n) is 26.6. The number of urea groups is 1. The largest absolute Gasteiger partial charge is 0.484 e. The molecule has 5 rings (SSSR count). The zero-order chi connectivity index (χ0) is 32.1. The monoisotopic (exact) mass is 608 g/mol. The lowest BCUT2D eigenvalue weighted by molar-refractivity contribution is 0.171. The average molecular weight is 609 g/mol. The molecule has 0 radical (unpaired) electrons. The second kappa shape index (κ2) is 13.4. The van der Waals surface area contributed by atoms with Gasteiger partial charge in [0.2, 0.25) is 5.96 Å². The maximum atomic E-state index is 13.4. The number of nitrogens with two attached hydrogens (primary N) is 1. The molecule has 45 heavy (non-hydrogen) atoms. The summed E-state index contributed by atoms with van der Waals surface area (Å²) in [7, 11) is 0. The molecule has 1 aliphatic carbocycles. The number of amidine groups is 1. The van der Waals surface area contributed by atoms with Crippen molar-refractivity contribution in [2.75, 3.05) is 13.1 Å². The lowest BCUT2D eigenvalue weighted by atomic mass is 9.85. The van der Waals surface area contributed by atoms with Crippen molar-refractivity contribution in [3.8, 4) is 5.75 Å². The Bertz CT molecular complexity index is 1660. The first-order chi connectivity index (χ1) is 21.5. The minimum atomic E-state index is -0.370. The number of likely N-dealkylation sites (tertiary alicyclic amines) is 1. The van der Waals surface area contributed by atoms with E-state index in [2.05, 4.69) is 15.6 Å². The molecule has 0 spiro atoms. The lowest BCUT2D eigenvalue weighted by Gasteiger charge is -2.32. The van der Waals surface area contributed by atoms with E-state index in [-0.39, 0.29) is 29.1 Å². The van der Waals surface area contributed by atoms with Gasteiger partial charge in [-0.2, -0.15) is 0 Å². The van der Waals surface area contributed by atoms with Crippen LogP contribution < -0.4 is 26.6 Å². The Hall–Kier alpha value is -4.86. The maximum Gasteiger partial charge on any atom is 0.320 e. The number of hydrogen-bond donors (Lipinski definition) is 5. The van der Waals surface area contributed by atoms with Crippen LogP contribution in [0.4, 0.5) is 10.5 Å². The lowest BCUT2D eigenvalue weighted by Crippen LogP contribution is -2.42. The molecule has 6 N–H and O–H groups in total. The van der Waals surface area contributed by atoms with Crippen molar-refractivity contribution in [3.05, 3.63) is 101 Å². The van der Waals surface area contributed by atoms with Gasteiger partial charge >= 0.3 is 6.03 Å². The van der Waals surface area contributed by atoms with Crippen LogP contribution in [0.1, 0.15) is 75.3 Å². The minimum absolute atomic E-state index is 0.227. The maximum absolute atomic E-state index is 13.4. The summed E-state index contributed by atoms with van der Waals surface area (Å²) in [4.78, 5) is 20.0. The molecule has 1 fully saturated rings. The molecule has 2 aromatic carbocycles. The Kier molecular flexibility index (Phi) is 9.41. The number of ether oxygens (including phenoxy) is 1. The summed E-state index contributed by atoms with van der Waals surface area (Å²) in [6, 6.07) is 18.6. The molecule has 0 unspecified atom stereocenters. The van der Waals surface area contributed by atoms with Gasteiger partial charge in [0.15, 0.2) is 0 Å². The highest BCUT2D eigenvalue weighted by atomic mass is 16.5. The molecule has 236 valence electrons. The molecule has 2 aliphatic rings. The number of fused-ring (bicyclic) bond motifs is 1. The summed E-state index contributed by atoms with van der Waals surface area (Å²) in [6.45, 7) is 9.71. The van der Waals surface area contributed by atoms with Crippen molar-refractivity contribution >= 4 is 23.5 Å². The third-order valence-corrected chi connectivity index (χ3v) is 8.26. The van der Waals surface area contributed by atoms with Crippen LogP contribution in [0.3, 0.4) is 0 Å². The molecule has 0 saturated carbocycles. The van der Waals surface area contributed by atoms with Crippen LogP contribution in [0.25, 0.3) is 0 Å². The molecular formula is C35H44N8O2. The predicted molar refractivity (Wildman–Crippen MR) is 178 cm³/mol. The first-order valence-electron chi connectivity index (χ1n) is 15.5. The Balaban J connectivity index is 1.32. The van der Waals surface area contributed by atoms with E-state index in [1.54, 1.807) is 29.0 Å². The Morgan fingerprint density at radius 3 is 2.40 bits per heavy atom. The van der Waals surface area contributed by atoms with Gasteiger partial charge in [0.05, 0.1) is 17.9 Å². The number of carbonyl (C=O) groups excluding carboxylic acids is 1. The second-order valence-corrected chi connectivity index (χ2v) is 12.8. The predicted octanol–water partition coefficient (Wildman–Crippen LogP) is 6.03. The molecule has 2 amide bonds. The number of hydrogen-bond acceptors (Lipinski definition) is 6. The van der Waals surface area contributed by atoms with Crippen LogP contribution in [0.5, 0.6) is 5.75 Å². The number of pyridine rings is 1. The van der Waals surface area contributed by atoms with Crippen molar-refractivity contribution in [3.63, 3.8) is 0 Å². The number of aliphatic imine (C=N–C) groups is 1. The molecule has 1 aromatic heterocycles. The van der Waals surface area contributed by atoms with Crippen LogP contribution in [0.2, 0.25) is 0 Å². The molecule has 3 aromatic rings. The topological polar surface area (TPSA) is 145 Å². The number of benzene rings is 2. The van der Waals surface area contributed by atoms with Gasteiger partial charge in [-0.25, -0.2) is 9.79 Å². The highest BCUT2D eigenvalue weighted by Gasteiger charge is 2.30. The molecule has 2 heterocycles. The third kappa shape index (κ3) is 7.81. The summed E-state index contributed by atoms with van der Waals surface area (Å²) in [5, 5.41) is 23.0. The van der Waals surface area contributed by atoms with Crippen molar-refractivity contribution in [1.82, 2.24) is 20.1 Å². The number of rotatable bonds is 5. The first-order valence-corrected chi connectivity index (χ1v) is 15.5. The Morgan fingerprint density at radius 1 is 1.02 bits per heavy atom. The average Bonchev–Trinajstić information content (AvgIpc) is 3.55. The van der Waals surface area contributed by atoms with E-state index >= 15 is 0 Å². The number of aromatic nitrogens is 1. The minimum Gasteiger partial charge on any atom is -0.484 e. The van der Waals surface area contributed by atoms with E-state index in [4.69, 9.17) is 21.3 Å². The second-order valence-electron chi connectivity index (χ2n) is 12.8. The number of carbonyl (C=O) groups is 1.